The summed E-state index contributed by atoms with van der Waals surface area (Å²) >= 11 is 0. The second-order valence-electron chi connectivity index (χ2n) is 3.05. The molecule has 0 fully saturated rings. The van der Waals surface area contributed by atoms with E-state index < -0.39 is 13.6 Å². The molecule has 6 heteroatoms. The first kappa shape index (κ1) is 13.4. The average molecular weight is 222 g/mol. The largest absolute Gasteiger partial charge is 0.369 e. The van der Waals surface area contributed by atoms with E-state index in [2.05, 4.69) is 20.7 Å². The molecule has 0 amide bonds. The van der Waals surface area contributed by atoms with Crippen LogP contribution in [0.5, 0.6) is 0 Å². The first-order valence-corrected chi connectivity index (χ1v) is 5.83. The molecule has 0 aromatic rings. The Bertz CT molecular complexity index is 248. The van der Waals surface area contributed by atoms with Gasteiger partial charge in [0.1, 0.15) is 0 Å². The summed E-state index contributed by atoms with van der Waals surface area (Å²) in [7, 11) is -2.07. The fourth-order valence-corrected chi connectivity index (χ4v) is 2.06. The highest BCUT2D eigenvalue weighted by Crippen LogP contribution is 2.48. The molecule has 0 bridgehead atoms. The lowest BCUT2D eigenvalue weighted by Crippen LogP contribution is -2.06. The second-order valence-corrected chi connectivity index (χ2v) is 5.15. The van der Waals surface area contributed by atoms with E-state index in [9.17, 15) is 9.36 Å². The molecule has 0 radical (unpaired) electrons. The van der Waals surface area contributed by atoms with E-state index in [1.165, 1.54) is 7.11 Å². The summed E-state index contributed by atoms with van der Waals surface area (Å²) in [5.74, 6) is -0.686. The number of hydrogen-bond donors (Lipinski definition) is 0. The standard InChI is InChI=1S/C8H15O5P/c1-5-8(9)12-13-14(10,11-4)6-7(2)3/h5,7H,1,6H2,2-4H3. The summed E-state index contributed by atoms with van der Waals surface area (Å²) in [5.41, 5.74) is 0. The number of carbonyl (C=O) groups is 1. The summed E-state index contributed by atoms with van der Waals surface area (Å²) < 4.78 is 20.8. The molecule has 0 N–H and O–H groups in total. The third-order valence-corrected chi connectivity index (χ3v) is 3.30. The van der Waals surface area contributed by atoms with Crippen LogP contribution in [0.25, 0.3) is 0 Å². The molecule has 1 unspecified atom stereocenters. The Labute approximate surface area is 83.5 Å². The number of rotatable bonds is 6. The normalized spacial score (nSPS) is 14.9. The van der Waals surface area contributed by atoms with Crippen LogP contribution in [0, 0.1) is 5.92 Å². The van der Waals surface area contributed by atoms with Crippen molar-refractivity contribution in [1.29, 1.82) is 0 Å². The Morgan fingerprint density at radius 3 is 2.50 bits per heavy atom. The molecule has 0 spiro atoms. The zero-order valence-corrected chi connectivity index (χ0v) is 9.45. The van der Waals surface area contributed by atoms with Crippen molar-refractivity contribution in [3.05, 3.63) is 12.7 Å². The maximum absolute atomic E-state index is 11.7. The van der Waals surface area contributed by atoms with Crippen LogP contribution in [-0.4, -0.2) is 19.2 Å². The highest BCUT2D eigenvalue weighted by molar-refractivity contribution is 7.53. The van der Waals surface area contributed by atoms with Crippen molar-refractivity contribution >= 4 is 13.6 Å². The maximum atomic E-state index is 11.7. The van der Waals surface area contributed by atoms with Crippen LogP contribution >= 0.6 is 7.60 Å². The molecule has 0 aromatic carbocycles. The highest BCUT2D eigenvalue weighted by atomic mass is 31.2. The number of hydrogen-bond acceptors (Lipinski definition) is 5. The van der Waals surface area contributed by atoms with Gasteiger partial charge in [-0.2, -0.15) is 0 Å². The lowest BCUT2D eigenvalue weighted by atomic mass is 10.3. The fraction of sp³-hybridized carbons (Fsp3) is 0.625. The zero-order chi connectivity index (χ0) is 11.2. The van der Waals surface area contributed by atoms with Crippen LogP contribution in [-0.2, 0) is 23.4 Å². The monoisotopic (exact) mass is 222 g/mol. The lowest BCUT2D eigenvalue weighted by molar-refractivity contribution is -0.211. The summed E-state index contributed by atoms with van der Waals surface area (Å²) in [6.07, 6.45) is 1.10. The predicted molar refractivity (Wildman–Crippen MR) is 51.7 cm³/mol. The first-order chi connectivity index (χ1) is 6.43. The Morgan fingerprint density at radius 1 is 1.57 bits per heavy atom. The Balaban J connectivity index is 4.19. The van der Waals surface area contributed by atoms with Crippen LogP contribution in [0.4, 0.5) is 0 Å². The van der Waals surface area contributed by atoms with Gasteiger partial charge in [0.2, 0.25) is 0 Å². The van der Waals surface area contributed by atoms with Crippen molar-refractivity contribution in [2.24, 2.45) is 5.92 Å². The molecule has 0 aliphatic carbocycles. The summed E-state index contributed by atoms with van der Waals surface area (Å²) in [4.78, 5) is 14.8. The van der Waals surface area contributed by atoms with Crippen molar-refractivity contribution in [1.82, 2.24) is 0 Å². The van der Waals surface area contributed by atoms with Gasteiger partial charge in [-0.3, -0.25) is 9.45 Å². The van der Waals surface area contributed by atoms with Gasteiger partial charge in [-0.25, -0.2) is 4.79 Å². The van der Waals surface area contributed by atoms with Gasteiger partial charge in [0.15, 0.2) is 0 Å². The minimum atomic E-state index is -3.31. The zero-order valence-electron chi connectivity index (χ0n) is 8.56. The minimum absolute atomic E-state index is 0.114. The van der Waals surface area contributed by atoms with Gasteiger partial charge in [-0.1, -0.05) is 25.1 Å². The van der Waals surface area contributed by atoms with Crippen LogP contribution in [0.2, 0.25) is 0 Å². The SMILES string of the molecule is C=CC(=O)OOP(=O)(CC(C)C)OC. The topological polar surface area (TPSA) is 61.8 Å². The molecule has 0 rings (SSSR count). The molecule has 0 heterocycles. The highest BCUT2D eigenvalue weighted by Gasteiger charge is 2.27. The average Bonchev–Trinajstić information content (AvgIpc) is 2.13. The summed E-state index contributed by atoms with van der Waals surface area (Å²) in [6.45, 7) is 6.87. The van der Waals surface area contributed by atoms with Gasteiger partial charge >= 0.3 is 13.6 Å². The second kappa shape index (κ2) is 5.96. The summed E-state index contributed by atoms with van der Waals surface area (Å²) in [6, 6.07) is 0. The minimum Gasteiger partial charge on any atom is -0.310 e. The maximum Gasteiger partial charge on any atom is 0.369 e. The number of carbonyl (C=O) groups excluding carboxylic acids is 1. The van der Waals surface area contributed by atoms with Gasteiger partial charge in [-0.15, -0.1) is 0 Å². The molecule has 0 aliphatic rings. The Morgan fingerprint density at radius 2 is 2.14 bits per heavy atom. The van der Waals surface area contributed by atoms with Gasteiger partial charge in [-0.05, 0) is 5.92 Å². The Hall–Kier alpha value is -0.640. The van der Waals surface area contributed by atoms with Crippen molar-refractivity contribution < 1.29 is 23.4 Å². The van der Waals surface area contributed by atoms with Gasteiger partial charge < -0.3 is 4.52 Å². The molecular formula is C8H15O5P. The van der Waals surface area contributed by atoms with Crippen LogP contribution in [0.15, 0.2) is 12.7 Å². The third kappa shape index (κ3) is 5.17. The van der Waals surface area contributed by atoms with E-state index in [-0.39, 0.29) is 12.1 Å². The third-order valence-electron chi connectivity index (χ3n) is 1.27. The lowest BCUT2D eigenvalue weighted by Gasteiger charge is -2.15. The molecule has 0 saturated carbocycles. The summed E-state index contributed by atoms with van der Waals surface area (Å²) in [5, 5.41) is 0. The van der Waals surface area contributed by atoms with E-state index in [1.54, 1.807) is 0 Å². The van der Waals surface area contributed by atoms with Gasteiger partial charge in [0.05, 0.1) is 6.16 Å². The van der Waals surface area contributed by atoms with E-state index in [1.807, 2.05) is 13.8 Å². The van der Waals surface area contributed by atoms with Crippen molar-refractivity contribution in [2.75, 3.05) is 13.3 Å². The molecule has 0 saturated heterocycles. The Kier molecular flexibility index (Phi) is 5.69. The van der Waals surface area contributed by atoms with Crippen molar-refractivity contribution in [3.8, 4) is 0 Å². The van der Waals surface area contributed by atoms with Crippen LogP contribution in [0.3, 0.4) is 0 Å². The molecular weight excluding hydrogens is 207 g/mol. The quantitative estimate of drug-likeness (QED) is 0.298. The van der Waals surface area contributed by atoms with Crippen LogP contribution in [0.1, 0.15) is 13.8 Å². The predicted octanol–water partition coefficient (Wildman–Crippen LogP) is 2.14. The van der Waals surface area contributed by atoms with Crippen LogP contribution < -0.4 is 0 Å². The molecule has 14 heavy (non-hydrogen) atoms. The van der Waals surface area contributed by atoms with E-state index >= 15 is 0 Å². The molecule has 0 aromatic heterocycles. The van der Waals surface area contributed by atoms with E-state index in [0.29, 0.717) is 0 Å². The van der Waals surface area contributed by atoms with Gasteiger partial charge in [0.25, 0.3) is 0 Å². The van der Waals surface area contributed by atoms with Crippen molar-refractivity contribution in [3.63, 3.8) is 0 Å². The van der Waals surface area contributed by atoms with Crippen molar-refractivity contribution in [2.45, 2.75) is 13.8 Å². The molecule has 0 aliphatic heterocycles. The first-order valence-electron chi connectivity index (χ1n) is 4.11. The molecule has 5 nitrogen and oxygen atoms in total. The van der Waals surface area contributed by atoms with E-state index in [0.717, 1.165) is 6.08 Å². The smallest absolute Gasteiger partial charge is 0.310 e. The molecule has 82 valence electrons. The van der Waals surface area contributed by atoms with E-state index in [4.69, 9.17) is 0 Å². The van der Waals surface area contributed by atoms with Gasteiger partial charge in [0, 0.05) is 13.2 Å². The fourth-order valence-electron chi connectivity index (χ4n) is 0.710. The molecule has 1 atom stereocenters.